The summed E-state index contributed by atoms with van der Waals surface area (Å²) >= 11 is 0. The molecule has 0 N–H and O–H groups in total. The normalized spacial score (nSPS) is 15.9. The number of rotatable bonds is 8. The number of tetrazole rings is 1. The molecule has 2 heterocycles. The summed E-state index contributed by atoms with van der Waals surface area (Å²) in [6, 6.07) is 9.40. The summed E-state index contributed by atoms with van der Waals surface area (Å²) in [5.41, 5.74) is 1.06. The lowest BCUT2D eigenvalue weighted by molar-refractivity contribution is -0.137. The van der Waals surface area contributed by atoms with E-state index >= 15 is 0 Å². The predicted molar refractivity (Wildman–Crippen MR) is 108 cm³/mol. The Morgan fingerprint density at radius 1 is 1.07 bits per heavy atom. The highest BCUT2D eigenvalue weighted by Gasteiger charge is 2.30. The molecule has 1 atom stereocenters. The Labute approximate surface area is 171 Å². The van der Waals surface area contributed by atoms with Crippen molar-refractivity contribution in [3.63, 3.8) is 0 Å². The summed E-state index contributed by atoms with van der Waals surface area (Å²) in [5.74, 6) is 0.154. The number of hydrogen-bond acceptors (Lipinski definition) is 6. The van der Waals surface area contributed by atoms with Crippen LogP contribution in [0.2, 0.25) is 0 Å². The van der Waals surface area contributed by atoms with Crippen LogP contribution in [0.1, 0.15) is 25.5 Å². The van der Waals surface area contributed by atoms with Gasteiger partial charge in [0.25, 0.3) is 0 Å². The zero-order chi connectivity index (χ0) is 20.6. The van der Waals surface area contributed by atoms with E-state index in [-0.39, 0.29) is 11.8 Å². The van der Waals surface area contributed by atoms with E-state index < -0.39 is 6.04 Å². The minimum atomic E-state index is -0.476. The minimum absolute atomic E-state index is 0.0101. The van der Waals surface area contributed by atoms with Gasteiger partial charge in [-0.25, -0.2) is 4.68 Å². The third-order valence-electron chi connectivity index (χ3n) is 5.40. The number of piperazine rings is 1. The lowest BCUT2D eigenvalue weighted by Crippen LogP contribution is -2.53. The first-order chi connectivity index (χ1) is 14.1. The van der Waals surface area contributed by atoms with E-state index in [1.807, 2.05) is 54.0 Å². The van der Waals surface area contributed by atoms with E-state index in [4.69, 9.17) is 0 Å². The molecular weight excluding hydrogens is 370 g/mol. The van der Waals surface area contributed by atoms with Crippen LogP contribution in [0.5, 0.6) is 0 Å². The average Bonchev–Trinajstić information content (AvgIpc) is 3.28. The Hall–Kier alpha value is -2.81. The molecule has 1 aliphatic heterocycles. The quantitative estimate of drug-likeness (QED) is 0.641. The molecule has 1 aliphatic rings. The summed E-state index contributed by atoms with van der Waals surface area (Å²) in [6.45, 7) is 8.40. The minimum Gasteiger partial charge on any atom is -0.342 e. The van der Waals surface area contributed by atoms with Gasteiger partial charge in [0.05, 0.1) is 6.54 Å². The summed E-state index contributed by atoms with van der Waals surface area (Å²) < 4.78 is 1.53. The molecule has 0 saturated carbocycles. The molecule has 3 rings (SSSR count). The fourth-order valence-electron chi connectivity index (χ4n) is 3.65. The number of amides is 2. The molecule has 1 saturated heterocycles. The van der Waals surface area contributed by atoms with Gasteiger partial charge in [-0.3, -0.25) is 14.5 Å². The molecule has 1 fully saturated rings. The van der Waals surface area contributed by atoms with E-state index in [0.29, 0.717) is 39.1 Å². The van der Waals surface area contributed by atoms with Gasteiger partial charge in [-0.1, -0.05) is 30.3 Å². The Morgan fingerprint density at radius 3 is 2.34 bits per heavy atom. The third kappa shape index (κ3) is 5.38. The molecule has 29 heavy (non-hydrogen) atoms. The van der Waals surface area contributed by atoms with Crippen molar-refractivity contribution >= 4 is 11.8 Å². The lowest BCUT2D eigenvalue weighted by atomic mass is 10.0. The monoisotopic (exact) mass is 399 g/mol. The van der Waals surface area contributed by atoms with E-state index in [1.165, 1.54) is 11.0 Å². The van der Waals surface area contributed by atoms with Crippen molar-refractivity contribution in [1.29, 1.82) is 0 Å². The molecule has 1 aromatic heterocycles. The average molecular weight is 399 g/mol. The molecule has 9 heteroatoms. The number of nitrogens with zero attached hydrogens (tertiary/aromatic N) is 7. The lowest BCUT2D eigenvalue weighted by Gasteiger charge is -2.36. The summed E-state index contributed by atoms with van der Waals surface area (Å²) in [6.07, 6.45) is 2.02. The number of carbonyl (C=O) groups excluding carboxylic acids is 2. The van der Waals surface area contributed by atoms with Crippen LogP contribution in [0.4, 0.5) is 0 Å². The van der Waals surface area contributed by atoms with E-state index in [2.05, 4.69) is 20.4 Å². The molecule has 0 radical (unpaired) electrons. The van der Waals surface area contributed by atoms with Crippen LogP contribution in [0.25, 0.3) is 0 Å². The standard InChI is InChI=1S/C20H29N7O2/c1-3-25(4-2)19(28)15-24-10-12-26(13-11-24)20(29)18(27-16-21-22-23-27)14-17-8-6-5-7-9-17/h5-9,16,18H,3-4,10-15H2,1-2H3. The molecule has 9 nitrogen and oxygen atoms in total. The van der Waals surface area contributed by atoms with Gasteiger partial charge in [0.1, 0.15) is 12.4 Å². The first-order valence-electron chi connectivity index (χ1n) is 10.2. The van der Waals surface area contributed by atoms with E-state index in [9.17, 15) is 9.59 Å². The second-order valence-corrected chi connectivity index (χ2v) is 7.16. The smallest absolute Gasteiger partial charge is 0.248 e. The van der Waals surface area contributed by atoms with Crippen LogP contribution in [0, 0.1) is 0 Å². The van der Waals surface area contributed by atoms with Gasteiger partial charge >= 0.3 is 0 Å². The number of likely N-dealkylation sites (N-methyl/N-ethyl adjacent to an activating group) is 1. The highest BCUT2D eigenvalue weighted by atomic mass is 16.2. The zero-order valence-electron chi connectivity index (χ0n) is 17.1. The molecule has 1 aromatic carbocycles. The number of benzene rings is 1. The van der Waals surface area contributed by atoms with Gasteiger partial charge in [-0.15, -0.1) is 5.10 Å². The van der Waals surface area contributed by atoms with Gasteiger partial charge in [0.2, 0.25) is 11.8 Å². The summed E-state index contributed by atoms with van der Waals surface area (Å²) in [4.78, 5) is 31.4. The second kappa shape index (κ2) is 10.1. The predicted octanol–water partition coefficient (Wildman–Crippen LogP) is 0.470. The van der Waals surface area contributed by atoms with Crippen LogP contribution < -0.4 is 0 Å². The summed E-state index contributed by atoms with van der Waals surface area (Å²) in [5, 5.41) is 11.4. The van der Waals surface area contributed by atoms with Crippen molar-refractivity contribution in [3.8, 4) is 0 Å². The van der Waals surface area contributed by atoms with Crippen molar-refractivity contribution in [2.24, 2.45) is 0 Å². The molecule has 0 spiro atoms. The van der Waals surface area contributed by atoms with Gasteiger partial charge in [0.15, 0.2) is 0 Å². The van der Waals surface area contributed by atoms with Crippen LogP contribution in [0.3, 0.4) is 0 Å². The Kier molecular flexibility index (Phi) is 7.29. The van der Waals surface area contributed by atoms with E-state index in [1.54, 1.807) is 0 Å². The third-order valence-corrected chi connectivity index (χ3v) is 5.40. The highest BCUT2D eigenvalue weighted by molar-refractivity contribution is 5.81. The van der Waals surface area contributed by atoms with Gasteiger partial charge < -0.3 is 9.80 Å². The molecule has 0 aliphatic carbocycles. The van der Waals surface area contributed by atoms with Gasteiger partial charge in [0, 0.05) is 45.7 Å². The number of carbonyl (C=O) groups is 2. The highest BCUT2D eigenvalue weighted by Crippen LogP contribution is 2.17. The van der Waals surface area contributed by atoms with Crippen molar-refractivity contribution in [2.75, 3.05) is 45.8 Å². The maximum Gasteiger partial charge on any atom is 0.248 e. The van der Waals surface area contributed by atoms with E-state index in [0.717, 1.165) is 18.7 Å². The molecule has 156 valence electrons. The zero-order valence-corrected chi connectivity index (χ0v) is 17.1. The summed E-state index contributed by atoms with van der Waals surface area (Å²) in [7, 11) is 0. The first-order valence-corrected chi connectivity index (χ1v) is 10.2. The Bertz CT molecular complexity index is 769. The fraction of sp³-hybridized carbons (Fsp3) is 0.550. The maximum absolute atomic E-state index is 13.2. The SMILES string of the molecule is CCN(CC)C(=O)CN1CCN(C(=O)C(Cc2ccccc2)n2cnnn2)CC1. The molecule has 2 amide bonds. The molecule has 2 aromatic rings. The van der Waals surface area contributed by atoms with Crippen molar-refractivity contribution < 1.29 is 9.59 Å². The van der Waals surface area contributed by atoms with Crippen molar-refractivity contribution in [1.82, 2.24) is 34.9 Å². The van der Waals surface area contributed by atoms with Crippen molar-refractivity contribution in [3.05, 3.63) is 42.2 Å². The van der Waals surface area contributed by atoms with Crippen LogP contribution in [-0.4, -0.2) is 92.5 Å². The first kappa shape index (κ1) is 20.9. The fourth-order valence-corrected chi connectivity index (χ4v) is 3.65. The van der Waals surface area contributed by atoms with Crippen molar-refractivity contribution in [2.45, 2.75) is 26.3 Å². The van der Waals surface area contributed by atoms with Gasteiger partial charge in [-0.05, 0) is 29.8 Å². The molecule has 1 unspecified atom stereocenters. The molecular formula is C20H29N7O2. The topological polar surface area (TPSA) is 87.5 Å². The second-order valence-electron chi connectivity index (χ2n) is 7.16. The number of aromatic nitrogens is 4. The van der Waals surface area contributed by atoms with Gasteiger partial charge in [-0.2, -0.15) is 0 Å². The maximum atomic E-state index is 13.2. The molecule has 0 bridgehead atoms. The Morgan fingerprint density at radius 2 is 1.76 bits per heavy atom. The van der Waals surface area contributed by atoms with Crippen LogP contribution >= 0.6 is 0 Å². The number of hydrogen-bond donors (Lipinski definition) is 0. The van der Waals surface area contributed by atoms with Crippen LogP contribution in [0.15, 0.2) is 36.7 Å². The largest absolute Gasteiger partial charge is 0.342 e. The van der Waals surface area contributed by atoms with Crippen LogP contribution in [-0.2, 0) is 16.0 Å². The Balaban J connectivity index is 1.61.